The quantitative estimate of drug-likeness (QED) is 0.818. The van der Waals surface area contributed by atoms with Crippen molar-refractivity contribution in [2.45, 2.75) is 44.8 Å². The molecule has 0 aliphatic carbocycles. The topological polar surface area (TPSA) is 65.4 Å². The molecule has 2 aromatic rings. The van der Waals surface area contributed by atoms with E-state index in [1.165, 1.54) is 4.68 Å². The molecule has 150 valence electrons. The number of nitrogens with zero attached hydrogens (tertiary/aromatic N) is 2. The van der Waals surface area contributed by atoms with Crippen LogP contribution in [0, 0.1) is 5.92 Å². The molecule has 2 aliphatic heterocycles. The molecule has 1 aromatic carbocycles. The standard InChI is InChI=1S/C21H26ClN3O3/c1-14-4-9-19(28-14)16-5-7-17(8-6-16)25-21(26)20(22)18(12-24-25)23-11-15-3-2-10-27-13-15/h5-8,12,14-15,19,23H,2-4,9-11,13H2,1H3/t14-,15?,19+/m0/s1. The molecule has 4 rings (SSSR count). The fraction of sp³-hybridized carbons (Fsp3) is 0.524. The molecule has 1 unspecified atom stereocenters. The van der Waals surface area contributed by atoms with Gasteiger partial charge in [-0.15, -0.1) is 0 Å². The smallest absolute Gasteiger partial charge is 0.292 e. The SMILES string of the molecule is C[C@H]1CC[C@H](c2ccc(-n3ncc(NCC4CCCOC4)c(Cl)c3=O)cc2)O1. The van der Waals surface area contributed by atoms with Crippen LogP contribution in [0.5, 0.6) is 0 Å². The number of hydrogen-bond acceptors (Lipinski definition) is 5. The molecule has 0 bridgehead atoms. The largest absolute Gasteiger partial charge is 0.382 e. The summed E-state index contributed by atoms with van der Waals surface area (Å²) in [5.74, 6) is 0.431. The third kappa shape index (κ3) is 4.24. The van der Waals surface area contributed by atoms with Crippen LogP contribution in [0.3, 0.4) is 0 Å². The van der Waals surface area contributed by atoms with E-state index in [9.17, 15) is 4.79 Å². The lowest BCUT2D eigenvalue weighted by Crippen LogP contribution is -2.26. The van der Waals surface area contributed by atoms with Crippen molar-refractivity contribution in [3.05, 3.63) is 51.4 Å². The zero-order valence-corrected chi connectivity index (χ0v) is 16.8. The van der Waals surface area contributed by atoms with Gasteiger partial charge in [0.15, 0.2) is 0 Å². The first kappa shape index (κ1) is 19.4. The van der Waals surface area contributed by atoms with Gasteiger partial charge in [0.1, 0.15) is 5.02 Å². The van der Waals surface area contributed by atoms with E-state index in [1.807, 2.05) is 24.3 Å². The molecule has 28 heavy (non-hydrogen) atoms. The van der Waals surface area contributed by atoms with Crippen LogP contribution in [0.25, 0.3) is 5.69 Å². The number of nitrogens with one attached hydrogen (secondary N) is 1. The van der Waals surface area contributed by atoms with Crippen molar-refractivity contribution in [3.63, 3.8) is 0 Å². The Morgan fingerprint density at radius 3 is 2.75 bits per heavy atom. The molecule has 3 atom stereocenters. The Kier molecular flexibility index (Phi) is 5.99. The van der Waals surface area contributed by atoms with Gasteiger partial charge < -0.3 is 14.8 Å². The maximum Gasteiger partial charge on any atom is 0.292 e. The van der Waals surface area contributed by atoms with Gasteiger partial charge in [0, 0.05) is 13.2 Å². The molecule has 2 saturated heterocycles. The molecule has 0 amide bonds. The summed E-state index contributed by atoms with van der Waals surface area (Å²) in [7, 11) is 0. The maximum absolute atomic E-state index is 12.7. The molecule has 0 saturated carbocycles. The Morgan fingerprint density at radius 1 is 1.25 bits per heavy atom. The number of hydrogen-bond donors (Lipinski definition) is 1. The highest BCUT2D eigenvalue weighted by Crippen LogP contribution is 2.32. The summed E-state index contributed by atoms with van der Waals surface area (Å²) in [5, 5.41) is 7.71. The monoisotopic (exact) mass is 403 g/mol. The van der Waals surface area contributed by atoms with Crippen LogP contribution in [0.15, 0.2) is 35.3 Å². The number of halogens is 1. The summed E-state index contributed by atoms with van der Waals surface area (Å²) in [5.41, 5.74) is 2.05. The van der Waals surface area contributed by atoms with Crippen molar-refractivity contribution < 1.29 is 9.47 Å². The van der Waals surface area contributed by atoms with Gasteiger partial charge in [-0.1, -0.05) is 23.7 Å². The van der Waals surface area contributed by atoms with E-state index in [-0.39, 0.29) is 16.7 Å². The highest BCUT2D eigenvalue weighted by molar-refractivity contribution is 6.32. The minimum atomic E-state index is -0.329. The summed E-state index contributed by atoms with van der Waals surface area (Å²) in [6, 6.07) is 7.77. The molecule has 0 spiro atoms. The Bertz CT molecular complexity index is 862. The zero-order chi connectivity index (χ0) is 19.5. The van der Waals surface area contributed by atoms with Crippen LogP contribution in [0.4, 0.5) is 5.69 Å². The van der Waals surface area contributed by atoms with Crippen LogP contribution >= 0.6 is 11.6 Å². The summed E-state index contributed by atoms with van der Waals surface area (Å²) in [6.45, 7) is 4.39. The molecule has 2 fully saturated rings. The second-order valence-corrected chi connectivity index (χ2v) is 8.04. The normalized spacial score (nSPS) is 25.0. The van der Waals surface area contributed by atoms with E-state index in [0.29, 0.717) is 23.4 Å². The lowest BCUT2D eigenvalue weighted by Gasteiger charge is -2.22. The lowest BCUT2D eigenvalue weighted by molar-refractivity contribution is 0.0555. The Hall–Kier alpha value is -1.89. The predicted molar refractivity (Wildman–Crippen MR) is 109 cm³/mol. The zero-order valence-electron chi connectivity index (χ0n) is 16.1. The first-order chi connectivity index (χ1) is 13.6. The minimum absolute atomic E-state index is 0.132. The average Bonchev–Trinajstić information content (AvgIpc) is 3.16. The fourth-order valence-electron chi connectivity index (χ4n) is 3.84. The number of aromatic nitrogens is 2. The lowest BCUT2D eigenvalue weighted by atomic mass is 10.0. The van der Waals surface area contributed by atoms with E-state index in [4.69, 9.17) is 21.1 Å². The Labute approximate surface area is 169 Å². The highest BCUT2D eigenvalue weighted by atomic mass is 35.5. The minimum Gasteiger partial charge on any atom is -0.382 e. The van der Waals surface area contributed by atoms with Crippen molar-refractivity contribution in [3.8, 4) is 5.69 Å². The van der Waals surface area contributed by atoms with Gasteiger partial charge in [0.05, 0.1) is 36.4 Å². The third-order valence-electron chi connectivity index (χ3n) is 5.50. The van der Waals surface area contributed by atoms with Crippen LogP contribution in [0.2, 0.25) is 5.02 Å². The van der Waals surface area contributed by atoms with Gasteiger partial charge in [-0.25, -0.2) is 0 Å². The van der Waals surface area contributed by atoms with E-state index in [1.54, 1.807) is 6.20 Å². The Morgan fingerprint density at radius 2 is 2.07 bits per heavy atom. The molecule has 3 heterocycles. The van der Waals surface area contributed by atoms with Gasteiger partial charge in [-0.3, -0.25) is 4.79 Å². The highest BCUT2D eigenvalue weighted by Gasteiger charge is 2.23. The predicted octanol–water partition coefficient (Wildman–Crippen LogP) is 3.96. The fourth-order valence-corrected chi connectivity index (χ4v) is 4.04. The van der Waals surface area contributed by atoms with Crippen molar-refractivity contribution in [2.24, 2.45) is 5.92 Å². The van der Waals surface area contributed by atoms with Crippen molar-refractivity contribution in [1.29, 1.82) is 0 Å². The molecular weight excluding hydrogens is 378 g/mol. The van der Waals surface area contributed by atoms with Gasteiger partial charge in [0.2, 0.25) is 0 Å². The van der Waals surface area contributed by atoms with Crippen molar-refractivity contribution in [2.75, 3.05) is 25.1 Å². The molecule has 1 N–H and O–H groups in total. The van der Waals surface area contributed by atoms with Crippen molar-refractivity contribution >= 4 is 17.3 Å². The Balaban J connectivity index is 1.47. The summed E-state index contributed by atoms with van der Waals surface area (Å²) < 4.78 is 12.7. The van der Waals surface area contributed by atoms with Gasteiger partial charge in [-0.05, 0) is 56.2 Å². The average molecular weight is 404 g/mol. The number of anilines is 1. The number of benzene rings is 1. The summed E-state index contributed by atoms with van der Waals surface area (Å²) in [6.07, 6.45) is 6.33. The maximum atomic E-state index is 12.7. The van der Waals surface area contributed by atoms with E-state index in [2.05, 4.69) is 17.3 Å². The number of ether oxygens (including phenoxy) is 2. The second kappa shape index (κ2) is 8.64. The van der Waals surface area contributed by atoms with E-state index < -0.39 is 0 Å². The van der Waals surface area contributed by atoms with Gasteiger partial charge >= 0.3 is 0 Å². The summed E-state index contributed by atoms with van der Waals surface area (Å²) >= 11 is 6.33. The van der Waals surface area contributed by atoms with Crippen molar-refractivity contribution in [1.82, 2.24) is 9.78 Å². The number of rotatable bonds is 5. The molecule has 0 radical (unpaired) electrons. The van der Waals surface area contributed by atoms with Gasteiger partial charge in [0.25, 0.3) is 5.56 Å². The third-order valence-corrected chi connectivity index (χ3v) is 5.86. The van der Waals surface area contributed by atoms with Crippen LogP contribution in [-0.4, -0.2) is 35.6 Å². The first-order valence-corrected chi connectivity index (χ1v) is 10.3. The van der Waals surface area contributed by atoms with Crippen LogP contribution in [-0.2, 0) is 9.47 Å². The van der Waals surface area contributed by atoms with Crippen LogP contribution < -0.4 is 10.9 Å². The van der Waals surface area contributed by atoms with Gasteiger partial charge in [-0.2, -0.15) is 9.78 Å². The molecule has 1 aromatic heterocycles. The molecule has 6 nitrogen and oxygen atoms in total. The molecule has 2 aliphatic rings. The first-order valence-electron chi connectivity index (χ1n) is 9.97. The van der Waals surface area contributed by atoms with Crippen LogP contribution in [0.1, 0.15) is 44.3 Å². The second-order valence-electron chi connectivity index (χ2n) is 7.66. The molecular formula is C21H26ClN3O3. The van der Waals surface area contributed by atoms with E-state index in [0.717, 1.165) is 51.0 Å². The summed E-state index contributed by atoms with van der Waals surface area (Å²) in [4.78, 5) is 12.7. The molecule has 7 heteroatoms. The van der Waals surface area contributed by atoms with E-state index >= 15 is 0 Å².